The average molecular weight is 278 g/mol. The second-order valence-electron chi connectivity index (χ2n) is 7.56. The molecular formula is C17H30N2O. The van der Waals surface area contributed by atoms with Crippen molar-refractivity contribution in [2.45, 2.75) is 63.8 Å². The van der Waals surface area contributed by atoms with Crippen molar-refractivity contribution in [2.24, 2.45) is 29.4 Å². The molecule has 0 heterocycles. The average Bonchev–Trinajstić information content (AvgIpc) is 2.97. The predicted molar refractivity (Wildman–Crippen MR) is 81.1 cm³/mol. The molecule has 2 bridgehead atoms. The maximum Gasteiger partial charge on any atom is 0.226 e. The third kappa shape index (κ3) is 2.88. The van der Waals surface area contributed by atoms with Gasteiger partial charge in [0.15, 0.2) is 0 Å². The number of amides is 1. The number of nitrogens with zero attached hydrogens (tertiary/aromatic N) is 1. The summed E-state index contributed by atoms with van der Waals surface area (Å²) >= 11 is 0. The Morgan fingerprint density at radius 1 is 1.10 bits per heavy atom. The molecule has 0 aromatic heterocycles. The number of hydrogen-bond donors (Lipinski definition) is 1. The van der Waals surface area contributed by atoms with Crippen molar-refractivity contribution in [1.82, 2.24) is 4.90 Å². The van der Waals surface area contributed by atoms with E-state index in [0.29, 0.717) is 5.91 Å². The third-order valence-corrected chi connectivity index (χ3v) is 6.16. The molecular weight excluding hydrogens is 248 g/mol. The van der Waals surface area contributed by atoms with Gasteiger partial charge in [-0.1, -0.05) is 25.7 Å². The van der Waals surface area contributed by atoms with Crippen molar-refractivity contribution >= 4 is 5.91 Å². The Morgan fingerprint density at radius 3 is 2.60 bits per heavy atom. The summed E-state index contributed by atoms with van der Waals surface area (Å²) in [6, 6.07) is 0.0903. The standard InChI is InChI=1S/C17H30N2O/c1-19(11-14-10-12-7-8-13(14)9-12)17(20)15-5-3-2-4-6-16(15)18/h12-16H,2-11,18H2,1H3. The Balaban J connectivity index is 1.55. The van der Waals surface area contributed by atoms with Gasteiger partial charge in [0.25, 0.3) is 0 Å². The van der Waals surface area contributed by atoms with E-state index >= 15 is 0 Å². The summed E-state index contributed by atoms with van der Waals surface area (Å²) in [7, 11) is 2.01. The van der Waals surface area contributed by atoms with Gasteiger partial charge in [0.1, 0.15) is 0 Å². The van der Waals surface area contributed by atoms with Crippen LogP contribution in [-0.2, 0) is 4.79 Å². The number of nitrogens with two attached hydrogens (primary N) is 1. The lowest BCUT2D eigenvalue weighted by atomic mass is 9.87. The van der Waals surface area contributed by atoms with Crippen LogP contribution in [0.2, 0.25) is 0 Å². The highest BCUT2D eigenvalue weighted by molar-refractivity contribution is 5.79. The van der Waals surface area contributed by atoms with Crippen LogP contribution in [-0.4, -0.2) is 30.4 Å². The molecule has 3 heteroatoms. The van der Waals surface area contributed by atoms with Crippen molar-refractivity contribution in [1.29, 1.82) is 0 Å². The number of carbonyl (C=O) groups excluding carboxylic acids is 1. The van der Waals surface area contributed by atoms with Crippen molar-refractivity contribution in [3.05, 3.63) is 0 Å². The summed E-state index contributed by atoms with van der Waals surface area (Å²) in [6.45, 7) is 0.975. The molecule has 2 N–H and O–H groups in total. The van der Waals surface area contributed by atoms with Gasteiger partial charge in [0.05, 0.1) is 5.92 Å². The molecule has 0 aromatic carbocycles. The van der Waals surface area contributed by atoms with Gasteiger partial charge < -0.3 is 10.6 Å². The summed E-state index contributed by atoms with van der Waals surface area (Å²) in [5, 5.41) is 0. The van der Waals surface area contributed by atoms with E-state index in [0.717, 1.165) is 37.1 Å². The summed E-state index contributed by atoms with van der Waals surface area (Å²) in [6.07, 6.45) is 11.3. The molecule has 3 rings (SSSR count). The second kappa shape index (κ2) is 6.05. The van der Waals surface area contributed by atoms with E-state index in [1.807, 2.05) is 11.9 Å². The van der Waals surface area contributed by atoms with Crippen LogP contribution in [0, 0.1) is 23.7 Å². The Hall–Kier alpha value is -0.570. The van der Waals surface area contributed by atoms with Gasteiger partial charge in [-0.15, -0.1) is 0 Å². The molecule has 3 saturated carbocycles. The van der Waals surface area contributed by atoms with E-state index in [4.69, 9.17) is 5.73 Å². The van der Waals surface area contributed by atoms with Crippen LogP contribution in [0.1, 0.15) is 57.8 Å². The molecule has 0 aromatic rings. The Bertz CT molecular complexity index is 357. The van der Waals surface area contributed by atoms with E-state index < -0.39 is 0 Å². The van der Waals surface area contributed by atoms with Crippen LogP contribution in [0.3, 0.4) is 0 Å². The predicted octanol–water partition coefficient (Wildman–Crippen LogP) is 2.79. The number of carbonyl (C=O) groups is 1. The maximum atomic E-state index is 12.7. The van der Waals surface area contributed by atoms with Crippen LogP contribution < -0.4 is 5.73 Å². The maximum absolute atomic E-state index is 12.7. The van der Waals surface area contributed by atoms with E-state index in [1.165, 1.54) is 44.9 Å². The zero-order chi connectivity index (χ0) is 14.1. The Morgan fingerprint density at radius 2 is 1.90 bits per heavy atom. The van der Waals surface area contributed by atoms with Gasteiger partial charge in [-0.3, -0.25) is 4.79 Å². The summed E-state index contributed by atoms with van der Waals surface area (Å²) in [4.78, 5) is 14.7. The zero-order valence-corrected chi connectivity index (χ0v) is 12.9. The van der Waals surface area contributed by atoms with Crippen molar-refractivity contribution in [3.8, 4) is 0 Å². The Labute approximate surface area is 123 Å². The van der Waals surface area contributed by atoms with Crippen LogP contribution >= 0.6 is 0 Å². The van der Waals surface area contributed by atoms with Crippen molar-refractivity contribution < 1.29 is 4.79 Å². The fourth-order valence-electron chi connectivity index (χ4n) is 4.97. The van der Waals surface area contributed by atoms with Gasteiger partial charge in [-0.05, 0) is 49.9 Å². The summed E-state index contributed by atoms with van der Waals surface area (Å²) < 4.78 is 0. The lowest BCUT2D eigenvalue weighted by Gasteiger charge is -2.31. The van der Waals surface area contributed by atoms with Crippen LogP contribution in [0.5, 0.6) is 0 Å². The highest BCUT2D eigenvalue weighted by Crippen LogP contribution is 2.48. The van der Waals surface area contributed by atoms with Crippen molar-refractivity contribution in [3.63, 3.8) is 0 Å². The van der Waals surface area contributed by atoms with Crippen molar-refractivity contribution in [2.75, 3.05) is 13.6 Å². The van der Waals surface area contributed by atoms with E-state index in [9.17, 15) is 4.79 Å². The Kier molecular flexibility index (Phi) is 4.34. The first-order valence-electron chi connectivity index (χ1n) is 8.65. The molecule has 3 fully saturated rings. The topological polar surface area (TPSA) is 46.3 Å². The van der Waals surface area contributed by atoms with Gasteiger partial charge in [0.2, 0.25) is 5.91 Å². The lowest BCUT2D eigenvalue weighted by molar-refractivity contribution is -0.135. The van der Waals surface area contributed by atoms with Crippen LogP contribution in [0.4, 0.5) is 0 Å². The molecule has 3 aliphatic rings. The fraction of sp³-hybridized carbons (Fsp3) is 0.941. The smallest absolute Gasteiger partial charge is 0.226 e. The number of rotatable bonds is 3. The highest BCUT2D eigenvalue weighted by atomic mass is 16.2. The van der Waals surface area contributed by atoms with E-state index in [-0.39, 0.29) is 12.0 Å². The van der Waals surface area contributed by atoms with Gasteiger partial charge in [-0.25, -0.2) is 0 Å². The first-order valence-corrected chi connectivity index (χ1v) is 8.65. The number of fused-ring (bicyclic) bond motifs is 2. The molecule has 5 atom stereocenters. The molecule has 0 saturated heterocycles. The molecule has 5 unspecified atom stereocenters. The monoisotopic (exact) mass is 278 g/mol. The SMILES string of the molecule is CN(CC1CC2CCC1C2)C(=O)C1CCCCCC1N. The molecule has 0 aliphatic heterocycles. The van der Waals surface area contributed by atoms with Crippen LogP contribution in [0.25, 0.3) is 0 Å². The minimum Gasteiger partial charge on any atom is -0.345 e. The van der Waals surface area contributed by atoms with Gasteiger partial charge in [-0.2, -0.15) is 0 Å². The molecule has 3 nitrogen and oxygen atoms in total. The van der Waals surface area contributed by atoms with Gasteiger partial charge >= 0.3 is 0 Å². The summed E-state index contributed by atoms with van der Waals surface area (Å²) in [5.41, 5.74) is 6.24. The molecule has 3 aliphatic carbocycles. The van der Waals surface area contributed by atoms with Gasteiger partial charge in [0, 0.05) is 19.6 Å². The molecule has 0 radical (unpaired) electrons. The normalized spacial score (nSPS) is 40.6. The first-order chi connectivity index (χ1) is 9.65. The minimum absolute atomic E-state index is 0.0843. The third-order valence-electron chi connectivity index (χ3n) is 6.16. The lowest BCUT2D eigenvalue weighted by Crippen LogP contribution is -2.44. The minimum atomic E-state index is 0.0843. The fourth-order valence-corrected chi connectivity index (χ4v) is 4.97. The van der Waals surface area contributed by atoms with Crippen LogP contribution in [0.15, 0.2) is 0 Å². The summed E-state index contributed by atoms with van der Waals surface area (Å²) in [5.74, 6) is 3.04. The largest absolute Gasteiger partial charge is 0.345 e. The number of hydrogen-bond acceptors (Lipinski definition) is 2. The quantitative estimate of drug-likeness (QED) is 0.807. The van der Waals surface area contributed by atoms with E-state index in [1.54, 1.807) is 0 Å². The van der Waals surface area contributed by atoms with E-state index in [2.05, 4.69) is 0 Å². The second-order valence-corrected chi connectivity index (χ2v) is 7.56. The highest BCUT2D eigenvalue weighted by Gasteiger charge is 2.40. The molecule has 0 spiro atoms. The molecule has 20 heavy (non-hydrogen) atoms. The molecule has 114 valence electrons. The zero-order valence-electron chi connectivity index (χ0n) is 12.9. The molecule has 1 amide bonds. The first kappa shape index (κ1) is 14.4.